The lowest BCUT2D eigenvalue weighted by Gasteiger charge is -2.30. The first-order valence-electron chi connectivity index (χ1n) is 7.35. The molecule has 1 nitrogen and oxygen atoms in total. The van der Waals surface area contributed by atoms with E-state index in [9.17, 15) is 8.78 Å². The van der Waals surface area contributed by atoms with Gasteiger partial charge in [0.15, 0.2) is 0 Å². The molecule has 19 heavy (non-hydrogen) atoms. The second-order valence-electron chi connectivity index (χ2n) is 6.19. The minimum Gasteiger partial charge on any atom is -0.380 e. The summed E-state index contributed by atoms with van der Waals surface area (Å²) < 4.78 is 27.3. The molecule has 104 valence electrons. The Labute approximate surface area is 113 Å². The SMILES string of the molecule is Cc1cc(F)c(NC2CCCC(C3CC3)C2)cc1F. The molecule has 1 aromatic carbocycles. The Morgan fingerprint density at radius 2 is 1.79 bits per heavy atom. The Kier molecular flexibility index (Phi) is 3.46. The molecule has 2 saturated carbocycles. The molecule has 2 aliphatic rings. The summed E-state index contributed by atoms with van der Waals surface area (Å²) in [7, 11) is 0. The Balaban J connectivity index is 1.68. The number of halogens is 2. The fourth-order valence-corrected chi connectivity index (χ4v) is 3.33. The van der Waals surface area contributed by atoms with Crippen LogP contribution in [0.25, 0.3) is 0 Å². The molecule has 0 heterocycles. The molecular weight excluding hydrogens is 244 g/mol. The third-order valence-corrected chi connectivity index (χ3v) is 4.61. The molecule has 0 spiro atoms. The molecule has 0 aromatic heterocycles. The minimum absolute atomic E-state index is 0.302. The number of aryl methyl sites for hydroxylation is 1. The van der Waals surface area contributed by atoms with Crippen LogP contribution in [0.2, 0.25) is 0 Å². The van der Waals surface area contributed by atoms with Gasteiger partial charge in [-0.2, -0.15) is 0 Å². The van der Waals surface area contributed by atoms with E-state index in [2.05, 4.69) is 5.32 Å². The van der Waals surface area contributed by atoms with Crippen molar-refractivity contribution in [1.82, 2.24) is 0 Å². The number of hydrogen-bond donors (Lipinski definition) is 1. The van der Waals surface area contributed by atoms with Gasteiger partial charge in [-0.15, -0.1) is 0 Å². The first-order valence-corrected chi connectivity index (χ1v) is 7.35. The van der Waals surface area contributed by atoms with Gasteiger partial charge >= 0.3 is 0 Å². The van der Waals surface area contributed by atoms with Crippen molar-refractivity contribution in [2.24, 2.45) is 11.8 Å². The van der Waals surface area contributed by atoms with Crippen molar-refractivity contribution in [3.63, 3.8) is 0 Å². The van der Waals surface area contributed by atoms with E-state index < -0.39 is 0 Å². The maximum Gasteiger partial charge on any atom is 0.146 e. The van der Waals surface area contributed by atoms with Crippen LogP contribution in [-0.2, 0) is 0 Å². The van der Waals surface area contributed by atoms with E-state index in [-0.39, 0.29) is 11.6 Å². The van der Waals surface area contributed by atoms with Crippen LogP contribution in [0.3, 0.4) is 0 Å². The maximum atomic E-state index is 13.8. The summed E-state index contributed by atoms with van der Waals surface area (Å²) >= 11 is 0. The summed E-state index contributed by atoms with van der Waals surface area (Å²) in [4.78, 5) is 0. The first kappa shape index (κ1) is 12.9. The van der Waals surface area contributed by atoms with Gasteiger partial charge in [0.1, 0.15) is 11.6 Å². The van der Waals surface area contributed by atoms with Gasteiger partial charge in [0, 0.05) is 12.1 Å². The second kappa shape index (κ2) is 5.10. The van der Waals surface area contributed by atoms with Crippen LogP contribution in [0.4, 0.5) is 14.5 Å². The highest BCUT2D eigenvalue weighted by molar-refractivity contribution is 5.47. The number of anilines is 1. The summed E-state index contributed by atoms with van der Waals surface area (Å²) in [6.45, 7) is 1.59. The van der Waals surface area contributed by atoms with Crippen LogP contribution in [-0.4, -0.2) is 6.04 Å². The van der Waals surface area contributed by atoms with Crippen LogP contribution in [0.5, 0.6) is 0 Å². The van der Waals surface area contributed by atoms with Gasteiger partial charge in [-0.3, -0.25) is 0 Å². The molecular formula is C16H21F2N. The van der Waals surface area contributed by atoms with Gasteiger partial charge in [0.25, 0.3) is 0 Å². The summed E-state index contributed by atoms with van der Waals surface area (Å²) in [5.41, 5.74) is 0.687. The molecule has 3 heteroatoms. The van der Waals surface area contributed by atoms with Crippen LogP contribution in [0.15, 0.2) is 12.1 Å². The highest BCUT2D eigenvalue weighted by Gasteiger charge is 2.34. The predicted octanol–water partition coefficient (Wildman–Crippen LogP) is 4.65. The molecule has 0 bridgehead atoms. The lowest BCUT2D eigenvalue weighted by molar-refractivity contribution is 0.302. The van der Waals surface area contributed by atoms with E-state index in [1.807, 2.05) is 0 Å². The van der Waals surface area contributed by atoms with Gasteiger partial charge in [-0.25, -0.2) is 8.78 Å². The van der Waals surface area contributed by atoms with E-state index in [1.165, 1.54) is 37.8 Å². The predicted molar refractivity (Wildman–Crippen MR) is 73.2 cm³/mol. The molecule has 1 N–H and O–H groups in total. The smallest absolute Gasteiger partial charge is 0.146 e. The molecule has 0 saturated heterocycles. The van der Waals surface area contributed by atoms with E-state index in [4.69, 9.17) is 0 Å². The molecule has 1 aromatic rings. The van der Waals surface area contributed by atoms with Crippen LogP contribution in [0.1, 0.15) is 44.1 Å². The zero-order valence-corrected chi connectivity index (χ0v) is 11.4. The average Bonchev–Trinajstić information content (AvgIpc) is 3.20. The topological polar surface area (TPSA) is 12.0 Å². The number of nitrogens with one attached hydrogen (secondary N) is 1. The van der Waals surface area contributed by atoms with Gasteiger partial charge in [0.05, 0.1) is 5.69 Å². The normalized spacial score (nSPS) is 27.3. The van der Waals surface area contributed by atoms with Crippen molar-refractivity contribution >= 4 is 5.69 Å². The zero-order chi connectivity index (χ0) is 13.4. The van der Waals surface area contributed by atoms with Crippen LogP contribution < -0.4 is 5.32 Å². The van der Waals surface area contributed by atoms with Gasteiger partial charge < -0.3 is 5.32 Å². The van der Waals surface area contributed by atoms with Crippen molar-refractivity contribution in [2.75, 3.05) is 5.32 Å². The standard InChI is InChI=1S/C16H21F2N/c1-10-7-15(18)16(9-14(10)17)19-13-4-2-3-12(8-13)11-5-6-11/h7,9,11-13,19H,2-6,8H2,1H3. The average molecular weight is 265 g/mol. The Morgan fingerprint density at radius 1 is 1.00 bits per heavy atom. The van der Waals surface area contributed by atoms with E-state index >= 15 is 0 Å². The number of rotatable bonds is 3. The third kappa shape index (κ3) is 2.90. The quantitative estimate of drug-likeness (QED) is 0.838. The maximum absolute atomic E-state index is 13.8. The highest BCUT2D eigenvalue weighted by atomic mass is 19.1. The Bertz CT molecular complexity index is 468. The molecule has 0 aliphatic heterocycles. The molecule has 3 rings (SSSR count). The fourth-order valence-electron chi connectivity index (χ4n) is 3.33. The Morgan fingerprint density at radius 3 is 2.53 bits per heavy atom. The van der Waals surface area contributed by atoms with Gasteiger partial charge in [-0.05, 0) is 56.1 Å². The molecule has 2 aliphatic carbocycles. The number of hydrogen-bond acceptors (Lipinski definition) is 1. The molecule has 0 radical (unpaired) electrons. The number of benzene rings is 1. The summed E-state index contributed by atoms with van der Waals surface area (Å²) in [6, 6.07) is 2.88. The van der Waals surface area contributed by atoms with E-state index in [1.54, 1.807) is 6.92 Å². The molecule has 2 unspecified atom stereocenters. The summed E-state index contributed by atoms with van der Waals surface area (Å²) in [5.74, 6) is 1.03. The van der Waals surface area contributed by atoms with Crippen LogP contribution in [0, 0.1) is 30.4 Å². The zero-order valence-electron chi connectivity index (χ0n) is 11.4. The first-order chi connectivity index (χ1) is 9.13. The van der Waals surface area contributed by atoms with Gasteiger partial charge in [0.2, 0.25) is 0 Å². The Hall–Kier alpha value is -1.12. The van der Waals surface area contributed by atoms with Crippen molar-refractivity contribution in [2.45, 2.75) is 51.5 Å². The molecule has 0 amide bonds. The van der Waals surface area contributed by atoms with Gasteiger partial charge in [-0.1, -0.05) is 12.8 Å². The molecule has 2 fully saturated rings. The lowest BCUT2D eigenvalue weighted by atomic mass is 9.82. The monoisotopic (exact) mass is 265 g/mol. The van der Waals surface area contributed by atoms with E-state index in [0.29, 0.717) is 17.3 Å². The summed E-state index contributed by atoms with van der Waals surface area (Å²) in [5, 5.41) is 3.21. The van der Waals surface area contributed by atoms with Crippen molar-refractivity contribution < 1.29 is 8.78 Å². The highest BCUT2D eigenvalue weighted by Crippen LogP contribution is 2.44. The van der Waals surface area contributed by atoms with Crippen molar-refractivity contribution in [1.29, 1.82) is 0 Å². The second-order valence-corrected chi connectivity index (χ2v) is 6.19. The summed E-state index contributed by atoms with van der Waals surface area (Å²) in [6.07, 6.45) is 7.43. The fraction of sp³-hybridized carbons (Fsp3) is 0.625. The van der Waals surface area contributed by atoms with Crippen LogP contribution >= 0.6 is 0 Å². The largest absolute Gasteiger partial charge is 0.380 e. The van der Waals surface area contributed by atoms with Crippen molar-refractivity contribution in [3.05, 3.63) is 29.3 Å². The van der Waals surface area contributed by atoms with Crippen molar-refractivity contribution in [3.8, 4) is 0 Å². The third-order valence-electron chi connectivity index (χ3n) is 4.61. The minimum atomic E-state index is -0.340. The van der Waals surface area contributed by atoms with E-state index in [0.717, 1.165) is 24.7 Å². The lowest BCUT2D eigenvalue weighted by Crippen LogP contribution is -2.28. The molecule has 2 atom stereocenters.